The van der Waals surface area contributed by atoms with Gasteiger partial charge in [-0.05, 0) is 46.2 Å². The highest BCUT2D eigenvalue weighted by atomic mass is 28.3. The molecule has 1 aliphatic carbocycles. The first-order valence-electron chi connectivity index (χ1n) is 8.70. The Balaban J connectivity index is 2.13. The van der Waals surface area contributed by atoms with Crippen molar-refractivity contribution in [2.75, 3.05) is 0 Å². The van der Waals surface area contributed by atoms with Gasteiger partial charge in [0.15, 0.2) is 0 Å². The van der Waals surface area contributed by atoms with E-state index in [2.05, 4.69) is 99.6 Å². The molecule has 0 N–H and O–H groups in total. The molecule has 2 aromatic rings. The smallest absolute Gasteiger partial charge is 0.127 e. The third kappa shape index (κ3) is 3.55. The summed E-state index contributed by atoms with van der Waals surface area (Å²) in [6.07, 6.45) is 3.47. The summed E-state index contributed by atoms with van der Waals surface area (Å²) in [6, 6.07) is 17.5. The molecule has 0 bridgehead atoms. The number of benzene rings is 2. The lowest BCUT2D eigenvalue weighted by molar-refractivity contribution is 0.527. The summed E-state index contributed by atoms with van der Waals surface area (Å²) in [7, 11) is -1.36. The molecule has 0 unspecified atom stereocenters. The Morgan fingerprint density at radius 2 is 1.67 bits per heavy atom. The summed E-state index contributed by atoms with van der Waals surface area (Å²) in [5.41, 5.74) is 10.2. The average molecular weight is 331 g/mol. The predicted octanol–water partition coefficient (Wildman–Crippen LogP) is 6.03. The molecule has 1 heteroatoms. The van der Waals surface area contributed by atoms with Crippen molar-refractivity contribution in [3.05, 3.63) is 76.9 Å². The Labute approximate surface area is 147 Å². The zero-order valence-corrected chi connectivity index (χ0v) is 16.4. The van der Waals surface area contributed by atoms with E-state index in [0.717, 1.165) is 12.0 Å². The lowest BCUT2D eigenvalue weighted by Gasteiger charge is -2.32. The molecular formula is C23H26Si. The monoisotopic (exact) mass is 330 g/mol. The van der Waals surface area contributed by atoms with E-state index in [0.29, 0.717) is 0 Å². The highest BCUT2D eigenvalue weighted by Crippen LogP contribution is 2.41. The number of hydrogen-bond donors (Lipinski definition) is 0. The molecule has 0 saturated heterocycles. The van der Waals surface area contributed by atoms with E-state index in [-0.39, 0.29) is 5.41 Å². The second-order valence-electron chi connectivity index (χ2n) is 8.33. The van der Waals surface area contributed by atoms with Crippen LogP contribution in [0.25, 0.3) is 5.57 Å². The zero-order chi connectivity index (χ0) is 17.4. The van der Waals surface area contributed by atoms with Crippen LogP contribution >= 0.6 is 0 Å². The first-order chi connectivity index (χ1) is 11.3. The first kappa shape index (κ1) is 16.8. The molecular weight excluding hydrogens is 304 g/mol. The zero-order valence-electron chi connectivity index (χ0n) is 15.4. The van der Waals surface area contributed by atoms with Crippen molar-refractivity contribution in [2.45, 2.75) is 45.3 Å². The maximum Gasteiger partial charge on any atom is 0.129 e. The maximum atomic E-state index is 3.49. The highest BCUT2D eigenvalue weighted by molar-refractivity contribution is 6.83. The van der Waals surface area contributed by atoms with Crippen molar-refractivity contribution < 1.29 is 0 Å². The molecule has 0 fully saturated rings. The lowest BCUT2D eigenvalue weighted by atomic mass is 9.72. The Kier molecular flexibility index (Phi) is 4.28. The van der Waals surface area contributed by atoms with Gasteiger partial charge in [0, 0.05) is 5.56 Å². The van der Waals surface area contributed by atoms with Gasteiger partial charge in [0.25, 0.3) is 0 Å². The molecule has 122 valence electrons. The predicted molar refractivity (Wildman–Crippen MR) is 108 cm³/mol. The van der Waals surface area contributed by atoms with Crippen LogP contribution in [-0.2, 0) is 5.41 Å². The summed E-state index contributed by atoms with van der Waals surface area (Å²) >= 11 is 0. The number of allylic oxidation sites excluding steroid dienone is 1. The fourth-order valence-electron chi connectivity index (χ4n) is 3.16. The normalized spacial score (nSPS) is 15.8. The lowest BCUT2D eigenvalue weighted by Crippen LogP contribution is -2.22. The Morgan fingerprint density at radius 1 is 0.958 bits per heavy atom. The fraction of sp³-hybridized carbons (Fsp3) is 0.304. The van der Waals surface area contributed by atoms with Crippen LogP contribution in [0.2, 0.25) is 19.6 Å². The third-order valence-corrected chi connectivity index (χ3v) is 5.40. The molecule has 2 aromatic carbocycles. The van der Waals surface area contributed by atoms with Crippen LogP contribution < -0.4 is 0 Å². The van der Waals surface area contributed by atoms with Crippen molar-refractivity contribution in [1.29, 1.82) is 0 Å². The van der Waals surface area contributed by atoms with Crippen LogP contribution in [0.3, 0.4) is 0 Å². The van der Waals surface area contributed by atoms with Crippen LogP contribution in [0.15, 0.2) is 54.6 Å². The van der Waals surface area contributed by atoms with Crippen molar-refractivity contribution in [3.8, 4) is 11.5 Å². The van der Waals surface area contributed by atoms with Crippen molar-refractivity contribution in [1.82, 2.24) is 0 Å². The van der Waals surface area contributed by atoms with Gasteiger partial charge in [-0.2, -0.15) is 0 Å². The standard InChI is InChI=1S/C23H26Si/c1-23(2)15-13-20(19-9-7-6-8-10-19)21-17-18(11-12-22(21)23)14-16-24(3,4)5/h6-13,17H,15H2,1-5H3. The molecule has 0 amide bonds. The summed E-state index contributed by atoms with van der Waals surface area (Å²) in [6.45, 7) is 11.5. The van der Waals surface area contributed by atoms with Gasteiger partial charge in [0.2, 0.25) is 0 Å². The van der Waals surface area contributed by atoms with Gasteiger partial charge in [-0.15, -0.1) is 5.54 Å². The van der Waals surface area contributed by atoms with E-state index in [1.807, 2.05) is 0 Å². The Hall–Kier alpha value is -2.04. The molecule has 0 aromatic heterocycles. The third-order valence-electron chi connectivity index (χ3n) is 4.52. The molecule has 0 radical (unpaired) electrons. The first-order valence-corrected chi connectivity index (χ1v) is 12.2. The van der Waals surface area contributed by atoms with Crippen LogP contribution in [-0.4, -0.2) is 8.07 Å². The molecule has 0 heterocycles. The molecule has 24 heavy (non-hydrogen) atoms. The van der Waals surface area contributed by atoms with Gasteiger partial charge in [-0.1, -0.05) is 81.9 Å². The average Bonchev–Trinajstić information content (AvgIpc) is 2.53. The minimum absolute atomic E-state index is 0.179. The molecule has 1 aliphatic rings. The van der Waals surface area contributed by atoms with Crippen LogP contribution in [0.1, 0.15) is 42.5 Å². The number of rotatable bonds is 1. The van der Waals surface area contributed by atoms with Crippen LogP contribution in [0.4, 0.5) is 0 Å². The molecule has 0 saturated carbocycles. The maximum absolute atomic E-state index is 3.49. The Bertz CT molecular complexity index is 837. The van der Waals surface area contributed by atoms with E-state index in [1.165, 1.54) is 22.3 Å². The van der Waals surface area contributed by atoms with Crippen LogP contribution in [0.5, 0.6) is 0 Å². The van der Waals surface area contributed by atoms with Crippen molar-refractivity contribution >= 4 is 13.6 Å². The minimum atomic E-state index is -1.36. The minimum Gasteiger partial charge on any atom is -0.127 e. The molecule has 0 atom stereocenters. The highest BCUT2D eigenvalue weighted by Gasteiger charge is 2.28. The second kappa shape index (κ2) is 6.11. The summed E-state index contributed by atoms with van der Waals surface area (Å²) in [5.74, 6) is 3.42. The van der Waals surface area contributed by atoms with Gasteiger partial charge in [0.05, 0.1) is 0 Å². The largest absolute Gasteiger partial charge is 0.129 e. The molecule has 3 rings (SSSR count). The van der Waals surface area contributed by atoms with Gasteiger partial charge in [-0.25, -0.2) is 0 Å². The molecule has 0 aliphatic heterocycles. The SMILES string of the molecule is CC1(C)CC=C(c2ccccc2)c2cc(C#C[Si](C)(C)C)ccc21. The van der Waals surface area contributed by atoms with Crippen LogP contribution in [0, 0.1) is 11.5 Å². The summed E-state index contributed by atoms with van der Waals surface area (Å²) in [5, 5.41) is 0. The summed E-state index contributed by atoms with van der Waals surface area (Å²) < 4.78 is 0. The van der Waals surface area contributed by atoms with Gasteiger partial charge in [-0.3, -0.25) is 0 Å². The number of hydrogen-bond acceptors (Lipinski definition) is 0. The molecule has 0 nitrogen and oxygen atoms in total. The number of fused-ring (bicyclic) bond motifs is 1. The van der Waals surface area contributed by atoms with E-state index in [9.17, 15) is 0 Å². The van der Waals surface area contributed by atoms with E-state index in [1.54, 1.807) is 0 Å². The molecule has 0 spiro atoms. The fourth-order valence-corrected chi connectivity index (χ4v) is 3.68. The van der Waals surface area contributed by atoms with Gasteiger partial charge >= 0.3 is 0 Å². The van der Waals surface area contributed by atoms with Crippen molar-refractivity contribution in [3.63, 3.8) is 0 Å². The van der Waals surface area contributed by atoms with Gasteiger partial charge < -0.3 is 0 Å². The van der Waals surface area contributed by atoms with E-state index in [4.69, 9.17) is 0 Å². The summed E-state index contributed by atoms with van der Waals surface area (Å²) in [4.78, 5) is 0. The van der Waals surface area contributed by atoms with Crippen molar-refractivity contribution in [2.24, 2.45) is 0 Å². The Morgan fingerprint density at radius 3 is 2.33 bits per heavy atom. The second-order valence-corrected chi connectivity index (χ2v) is 13.1. The van der Waals surface area contributed by atoms with E-state index < -0.39 is 8.07 Å². The topological polar surface area (TPSA) is 0 Å². The quantitative estimate of drug-likeness (QED) is 0.442. The van der Waals surface area contributed by atoms with Gasteiger partial charge in [0.1, 0.15) is 8.07 Å². The van der Waals surface area contributed by atoms with E-state index >= 15 is 0 Å².